The molecule has 0 fully saturated rings. The Kier molecular flexibility index (Phi) is 7.98. The van der Waals surface area contributed by atoms with Crippen LogP contribution in [0.4, 0.5) is 0 Å². The van der Waals surface area contributed by atoms with Crippen molar-refractivity contribution in [1.82, 2.24) is 15.0 Å². The number of thiophene rings is 1. The molecule has 1 aliphatic carbocycles. The molecule has 0 saturated carbocycles. The van der Waals surface area contributed by atoms with E-state index < -0.39 is 0 Å². The second-order valence-corrected chi connectivity index (χ2v) is 12.6. The van der Waals surface area contributed by atoms with E-state index in [9.17, 15) is 14.7 Å². The Balaban J connectivity index is 1.41. The van der Waals surface area contributed by atoms with Crippen LogP contribution in [-0.2, 0) is 17.6 Å². The number of carbonyl (C=O) groups is 1. The molecule has 7 nitrogen and oxygen atoms in total. The minimum Gasteiger partial charge on any atom is -0.506 e. The molecule has 0 spiro atoms. The van der Waals surface area contributed by atoms with Gasteiger partial charge in [-0.1, -0.05) is 30.0 Å². The van der Waals surface area contributed by atoms with E-state index in [1.54, 1.807) is 22.0 Å². The van der Waals surface area contributed by atoms with Crippen molar-refractivity contribution in [2.24, 2.45) is 5.10 Å². The van der Waals surface area contributed by atoms with Crippen molar-refractivity contribution in [3.63, 3.8) is 0 Å². The van der Waals surface area contributed by atoms with Gasteiger partial charge < -0.3 is 5.11 Å². The van der Waals surface area contributed by atoms with Crippen molar-refractivity contribution >= 4 is 90.6 Å². The molecule has 2 heterocycles. The average molecular weight is 742 g/mol. The van der Waals surface area contributed by atoms with Crippen molar-refractivity contribution in [2.45, 2.75) is 30.8 Å². The van der Waals surface area contributed by atoms with E-state index in [-0.39, 0.29) is 23.0 Å². The van der Waals surface area contributed by atoms with Crippen LogP contribution in [-0.4, -0.2) is 32.5 Å². The van der Waals surface area contributed by atoms with Crippen LogP contribution in [0.2, 0.25) is 0 Å². The Bertz CT molecular complexity index is 1550. The molecule has 2 aromatic carbocycles. The number of hydrogen-bond donors (Lipinski definition) is 2. The maximum atomic E-state index is 13.7. The predicted octanol–water partition coefficient (Wildman–Crippen LogP) is 5.48. The van der Waals surface area contributed by atoms with Crippen LogP contribution in [0.5, 0.6) is 5.75 Å². The summed E-state index contributed by atoms with van der Waals surface area (Å²) >= 11 is 7.00. The monoisotopic (exact) mass is 742 g/mol. The minimum atomic E-state index is -0.338. The van der Waals surface area contributed by atoms with Crippen molar-refractivity contribution < 1.29 is 9.90 Å². The summed E-state index contributed by atoms with van der Waals surface area (Å²) in [4.78, 5) is 33.1. The van der Waals surface area contributed by atoms with Crippen LogP contribution >= 0.6 is 68.3 Å². The normalized spacial score (nSPS) is 13.3. The number of phenolic OH excluding ortho intramolecular Hbond substituents is 1. The molecule has 0 unspecified atom stereocenters. The molecule has 0 saturated heterocycles. The molecular weight excluding hydrogens is 722 g/mol. The Morgan fingerprint density at radius 3 is 2.81 bits per heavy atom. The SMILES string of the molecule is O=C(CSc1nc2sc3c(c2c(=O)n1-c1ccccc1)CCCC3)N/N=C\c1cc(I)cc(I)c1O. The largest absolute Gasteiger partial charge is 0.506 e. The molecule has 2 aromatic heterocycles. The number of nitrogens with one attached hydrogen (secondary N) is 1. The summed E-state index contributed by atoms with van der Waals surface area (Å²) in [7, 11) is 0. The van der Waals surface area contributed by atoms with Crippen molar-refractivity contribution in [2.75, 3.05) is 5.75 Å². The number of rotatable bonds is 6. The highest BCUT2D eigenvalue weighted by Crippen LogP contribution is 2.35. The number of amides is 1. The quantitative estimate of drug-likeness (QED) is 0.0898. The Hall–Kier alpha value is -1.97. The van der Waals surface area contributed by atoms with Gasteiger partial charge >= 0.3 is 0 Å². The van der Waals surface area contributed by atoms with E-state index in [1.165, 1.54) is 22.9 Å². The first-order valence-corrected chi connectivity index (χ1v) is 15.1. The standard InChI is InChI=1S/C25H20I2N4O3S2/c26-15-10-14(22(33)18(27)11-15)12-28-30-20(32)13-35-25-29-23-21(17-8-4-5-9-19(17)36-23)24(34)31(25)16-6-2-1-3-7-16/h1-3,6-7,10-12,33H,4-5,8-9,13H2,(H,30,32)/b28-12-. The van der Waals surface area contributed by atoms with Gasteiger partial charge in [0.25, 0.3) is 11.5 Å². The van der Waals surface area contributed by atoms with Crippen LogP contribution < -0.4 is 11.0 Å². The second-order valence-electron chi connectivity index (χ2n) is 8.17. The van der Waals surface area contributed by atoms with E-state index in [0.717, 1.165) is 45.3 Å². The Labute approximate surface area is 242 Å². The second kappa shape index (κ2) is 11.2. The first-order chi connectivity index (χ1) is 17.4. The number of thioether (sulfide) groups is 1. The summed E-state index contributed by atoms with van der Waals surface area (Å²) in [6.07, 6.45) is 5.53. The third-order valence-electron chi connectivity index (χ3n) is 5.76. The number of aromatic nitrogens is 2. The smallest absolute Gasteiger partial charge is 0.267 e. The van der Waals surface area contributed by atoms with Crippen LogP contribution in [0, 0.1) is 7.14 Å². The number of nitrogens with zero attached hydrogens (tertiary/aromatic N) is 3. The number of phenols is 1. The number of hydrogen-bond acceptors (Lipinski definition) is 7. The van der Waals surface area contributed by atoms with Gasteiger partial charge in [-0.3, -0.25) is 14.2 Å². The summed E-state index contributed by atoms with van der Waals surface area (Å²) in [6.45, 7) is 0. The number of benzene rings is 2. The molecule has 1 amide bonds. The van der Waals surface area contributed by atoms with Gasteiger partial charge in [0.15, 0.2) is 5.16 Å². The lowest BCUT2D eigenvalue weighted by Gasteiger charge is -2.13. The highest BCUT2D eigenvalue weighted by molar-refractivity contribution is 14.1. The van der Waals surface area contributed by atoms with Crippen LogP contribution in [0.25, 0.3) is 15.9 Å². The van der Waals surface area contributed by atoms with Crippen LogP contribution in [0.1, 0.15) is 28.8 Å². The van der Waals surface area contributed by atoms with Crippen molar-refractivity contribution in [3.8, 4) is 11.4 Å². The maximum absolute atomic E-state index is 13.7. The summed E-state index contributed by atoms with van der Waals surface area (Å²) in [5.41, 5.74) is 4.79. The van der Waals surface area contributed by atoms with Gasteiger partial charge in [0.1, 0.15) is 10.6 Å². The van der Waals surface area contributed by atoms with Gasteiger partial charge in [-0.15, -0.1) is 11.3 Å². The highest BCUT2D eigenvalue weighted by Gasteiger charge is 2.23. The number of halogens is 2. The third-order valence-corrected chi connectivity index (χ3v) is 9.32. The summed E-state index contributed by atoms with van der Waals surface area (Å²) in [6, 6.07) is 13.0. The first-order valence-electron chi connectivity index (χ1n) is 11.2. The zero-order chi connectivity index (χ0) is 25.2. The van der Waals surface area contributed by atoms with E-state index in [2.05, 4.69) is 33.1 Å². The Morgan fingerprint density at radius 1 is 1.22 bits per heavy atom. The number of carbonyl (C=O) groups excluding carboxylic acids is 1. The molecule has 2 N–H and O–H groups in total. The predicted molar refractivity (Wildman–Crippen MR) is 162 cm³/mol. The zero-order valence-electron chi connectivity index (χ0n) is 18.8. The molecule has 184 valence electrons. The lowest BCUT2D eigenvalue weighted by atomic mass is 9.97. The Morgan fingerprint density at radius 2 is 2.00 bits per heavy atom. The molecule has 36 heavy (non-hydrogen) atoms. The number of aryl methyl sites for hydroxylation is 2. The highest BCUT2D eigenvalue weighted by atomic mass is 127. The van der Waals surface area contributed by atoms with Crippen LogP contribution in [0.15, 0.2) is 57.5 Å². The fourth-order valence-electron chi connectivity index (χ4n) is 4.11. The lowest BCUT2D eigenvalue weighted by molar-refractivity contribution is -0.118. The van der Waals surface area contributed by atoms with E-state index in [1.807, 2.05) is 59.0 Å². The van der Waals surface area contributed by atoms with E-state index in [0.29, 0.717) is 19.7 Å². The van der Waals surface area contributed by atoms with Crippen molar-refractivity contribution in [1.29, 1.82) is 0 Å². The fraction of sp³-hybridized carbons (Fsp3) is 0.200. The molecule has 0 radical (unpaired) electrons. The number of aromatic hydroxyl groups is 1. The molecule has 0 bridgehead atoms. The van der Waals surface area contributed by atoms with Gasteiger partial charge in [-0.2, -0.15) is 5.10 Å². The third kappa shape index (κ3) is 5.34. The number of fused-ring (bicyclic) bond motifs is 3. The molecule has 0 atom stereocenters. The zero-order valence-corrected chi connectivity index (χ0v) is 24.8. The maximum Gasteiger partial charge on any atom is 0.267 e. The van der Waals surface area contributed by atoms with Gasteiger partial charge in [0.2, 0.25) is 0 Å². The molecule has 4 aromatic rings. The molecule has 0 aliphatic heterocycles. The molecule has 5 rings (SSSR count). The van der Waals surface area contributed by atoms with Gasteiger partial charge in [-0.05, 0) is 101 Å². The summed E-state index contributed by atoms with van der Waals surface area (Å²) < 4.78 is 3.27. The average Bonchev–Trinajstić information content (AvgIpc) is 3.25. The molecule has 11 heteroatoms. The summed E-state index contributed by atoms with van der Waals surface area (Å²) in [5.74, 6) is -0.190. The minimum absolute atomic E-state index is 0.0308. The lowest BCUT2D eigenvalue weighted by Crippen LogP contribution is -2.24. The number of hydrazone groups is 1. The summed E-state index contributed by atoms with van der Waals surface area (Å²) in [5, 5.41) is 15.4. The van der Waals surface area contributed by atoms with Gasteiger partial charge in [0.05, 0.1) is 26.6 Å². The molecule has 1 aliphatic rings. The van der Waals surface area contributed by atoms with E-state index in [4.69, 9.17) is 4.98 Å². The van der Waals surface area contributed by atoms with E-state index >= 15 is 0 Å². The van der Waals surface area contributed by atoms with Crippen molar-refractivity contribution in [3.05, 3.63) is 76.0 Å². The fourth-order valence-corrected chi connectivity index (χ4v) is 8.11. The van der Waals surface area contributed by atoms with Crippen LogP contribution in [0.3, 0.4) is 0 Å². The first kappa shape index (κ1) is 25.7. The topological polar surface area (TPSA) is 96.6 Å². The molecular formula is C25H20I2N4O3S2. The van der Waals surface area contributed by atoms with Gasteiger partial charge in [0, 0.05) is 14.0 Å². The number of para-hydroxylation sites is 1. The van der Waals surface area contributed by atoms with Gasteiger partial charge in [-0.25, -0.2) is 10.4 Å².